The number of ether oxygens (including phenoxy) is 1. The number of methoxy groups -OCH3 is 1. The minimum atomic E-state index is -0.556. The van der Waals surface area contributed by atoms with Crippen LogP contribution in [-0.2, 0) is 11.3 Å². The zero-order chi connectivity index (χ0) is 24.0. The summed E-state index contributed by atoms with van der Waals surface area (Å²) < 4.78 is 8.43. The molecule has 0 bridgehead atoms. The summed E-state index contributed by atoms with van der Waals surface area (Å²) in [6, 6.07) is 13.7. The largest absolute Gasteiger partial charge is 0.495 e. The molecule has 9 heteroatoms. The van der Waals surface area contributed by atoms with Crippen molar-refractivity contribution in [2.75, 3.05) is 12.8 Å². The van der Waals surface area contributed by atoms with Crippen LogP contribution in [0, 0.1) is 6.92 Å². The molecule has 3 aromatic heterocycles. The van der Waals surface area contributed by atoms with Crippen LogP contribution in [0.25, 0.3) is 37.3 Å². The molecule has 3 heterocycles. The number of nitrogens with two attached hydrogens (primary N) is 2. The second kappa shape index (κ2) is 8.27. The van der Waals surface area contributed by atoms with Crippen LogP contribution in [0.4, 0.5) is 5.82 Å². The number of primary amides is 1. The molecule has 5 aromatic rings. The Kier molecular flexibility index (Phi) is 5.25. The summed E-state index contributed by atoms with van der Waals surface area (Å²) in [5, 5.41) is 6.66. The van der Waals surface area contributed by atoms with Gasteiger partial charge in [-0.15, -0.1) is 11.3 Å². The van der Waals surface area contributed by atoms with E-state index in [4.69, 9.17) is 21.3 Å². The summed E-state index contributed by atoms with van der Waals surface area (Å²) in [5.41, 5.74) is 16.0. The number of amides is 1. The number of nitrogen functional groups attached to an aromatic ring is 1. The summed E-state index contributed by atoms with van der Waals surface area (Å²) in [7, 11) is 1.67. The highest BCUT2D eigenvalue weighted by atomic mass is 32.1. The molecule has 0 aliphatic heterocycles. The smallest absolute Gasteiger partial charge is 0.248 e. The first-order valence-corrected chi connectivity index (χ1v) is 11.3. The van der Waals surface area contributed by atoms with E-state index >= 15 is 0 Å². The van der Waals surface area contributed by atoms with Crippen molar-refractivity contribution < 1.29 is 9.53 Å². The van der Waals surface area contributed by atoms with E-state index in [2.05, 4.69) is 28.7 Å². The normalized spacial score (nSPS) is 11.2. The molecule has 1 amide bonds. The molecule has 4 N–H and O–H groups in total. The van der Waals surface area contributed by atoms with Crippen molar-refractivity contribution in [1.29, 1.82) is 0 Å². The quantitative estimate of drug-likeness (QED) is 0.360. The van der Waals surface area contributed by atoms with Crippen molar-refractivity contribution in [2.24, 2.45) is 5.73 Å². The fourth-order valence-corrected chi connectivity index (χ4v) is 5.14. The van der Waals surface area contributed by atoms with Gasteiger partial charge in [0.05, 0.1) is 28.6 Å². The Morgan fingerprint density at radius 2 is 2.03 bits per heavy atom. The number of carbonyl (C=O) groups is 1. The zero-order valence-corrected chi connectivity index (χ0v) is 19.5. The average molecular weight is 471 g/mol. The Morgan fingerprint density at radius 1 is 1.21 bits per heavy atom. The molecule has 0 atom stereocenters. The highest BCUT2D eigenvalue weighted by Gasteiger charge is 2.20. The van der Waals surface area contributed by atoms with Crippen LogP contribution < -0.4 is 16.2 Å². The minimum Gasteiger partial charge on any atom is -0.495 e. The van der Waals surface area contributed by atoms with Crippen LogP contribution in [0.2, 0.25) is 0 Å². The first-order chi connectivity index (χ1) is 16.4. The molecule has 0 fully saturated rings. The van der Waals surface area contributed by atoms with Gasteiger partial charge >= 0.3 is 0 Å². The standard InChI is InChI=1S/C25H22N6O2S/c1-13-7-17-10-19(34-22(17)18(8-13)33-3)21-20-23(26)28-12-29-25(20)31(30-21)11-15-5-4-6-16(9-15)14(2)24(27)32/h4-10,12H,2,11H2,1,3H3,(H2,27,32)(H2,26,28,29). The van der Waals surface area contributed by atoms with Gasteiger partial charge in [0, 0.05) is 5.57 Å². The highest BCUT2D eigenvalue weighted by Crippen LogP contribution is 2.41. The van der Waals surface area contributed by atoms with E-state index in [1.807, 2.05) is 31.2 Å². The number of fused-ring (bicyclic) bond motifs is 2. The lowest BCUT2D eigenvalue weighted by Crippen LogP contribution is -2.12. The molecule has 0 spiro atoms. The Hall–Kier alpha value is -4.24. The van der Waals surface area contributed by atoms with E-state index < -0.39 is 5.91 Å². The van der Waals surface area contributed by atoms with Crippen molar-refractivity contribution in [1.82, 2.24) is 19.7 Å². The number of aryl methyl sites for hydroxylation is 1. The fourth-order valence-electron chi connectivity index (χ4n) is 4.02. The van der Waals surface area contributed by atoms with Gasteiger partial charge in [0.15, 0.2) is 5.65 Å². The number of nitrogens with zero attached hydrogens (tertiary/aromatic N) is 4. The van der Waals surface area contributed by atoms with E-state index in [1.54, 1.807) is 29.2 Å². The molecule has 5 rings (SSSR count). The molecule has 0 saturated carbocycles. The van der Waals surface area contributed by atoms with Crippen molar-refractivity contribution in [3.05, 3.63) is 72.1 Å². The third-order valence-corrected chi connectivity index (χ3v) is 6.82. The van der Waals surface area contributed by atoms with E-state index in [0.717, 1.165) is 31.8 Å². The number of rotatable bonds is 6. The molecule has 0 radical (unpaired) electrons. The number of carbonyl (C=O) groups excluding carboxylic acids is 1. The first-order valence-electron chi connectivity index (χ1n) is 10.5. The van der Waals surface area contributed by atoms with Crippen LogP contribution in [-0.4, -0.2) is 32.8 Å². The third-order valence-electron chi connectivity index (χ3n) is 5.64. The van der Waals surface area contributed by atoms with Crippen molar-refractivity contribution in [3.63, 3.8) is 0 Å². The molecule has 0 aliphatic carbocycles. The summed E-state index contributed by atoms with van der Waals surface area (Å²) in [6.45, 7) is 6.23. The van der Waals surface area contributed by atoms with Gasteiger partial charge < -0.3 is 16.2 Å². The van der Waals surface area contributed by atoms with Crippen LogP contribution >= 0.6 is 11.3 Å². The molecule has 0 aliphatic rings. The monoisotopic (exact) mass is 470 g/mol. The Balaban J connectivity index is 1.64. The molecule has 34 heavy (non-hydrogen) atoms. The van der Waals surface area contributed by atoms with E-state index in [9.17, 15) is 4.79 Å². The fraction of sp³-hybridized carbons (Fsp3) is 0.120. The second-order valence-corrected chi connectivity index (χ2v) is 9.06. The maximum atomic E-state index is 11.5. The van der Waals surface area contributed by atoms with Crippen molar-refractivity contribution >= 4 is 49.8 Å². The Labute approximate surface area is 199 Å². The number of aromatic nitrogens is 4. The molecular formula is C25H22N6O2S. The van der Waals surface area contributed by atoms with E-state index in [1.165, 1.54) is 6.33 Å². The molecular weight excluding hydrogens is 448 g/mol. The van der Waals surface area contributed by atoms with Crippen LogP contribution in [0.15, 0.2) is 55.4 Å². The lowest BCUT2D eigenvalue weighted by molar-refractivity contribution is -0.112. The van der Waals surface area contributed by atoms with Crippen LogP contribution in [0.3, 0.4) is 0 Å². The molecule has 2 aromatic carbocycles. The Bertz CT molecular complexity index is 1600. The third kappa shape index (κ3) is 3.65. The number of hydrogen-bond acceptors (Lipinski definition) is 7. The van der Waals surface area contributed by atoms with Gasteiger partial charge in [0.1, 0.15) is 23.6 Å². The van der Waals surface area contributed by atoms with Gasteiger partial charge in [-0.25, -0.2) is 14.6 Å². The maximum absolute atomic E-state index is 11.5. The zero-order valence-electron chi connectivity index (χ0n) is 18.7. The van der Waals surface area contributed by atoms with E-state index in [-0.39, 0.29) is 5.57 Å². The molecule has 0 unspecified atom stereocenters. The van der Waals surface area contributed by atoms with Crippen molar-refractivity contribution in [2.45, 2.75) is 13.5 Å². The summed E-state index contributed by atoms with van der Waals surface area (Å²) >= 11 is 1.59. The van der Waals surface area contributed by atoms with Gasteiger partial charge in [0.2, 0.25) is 5.91 Å². The van der Waals surface area contributed by atoms with Gasteiger partial charge in [-0.05, 0) is 47.2 Å². The number of thiophene rings is 1. The predicted octanol–water partition coefficient (Wildman–Crippen LogP) is 4.15. The molecule has 0 saturated heterocycles. The second-order valence-electron chi connectivity index (χ2n) is 8.00. The first kappa shape index (κ1) is 21.6. The molecule has 170 valence electrons. The van der Waals surface area contributed by atoms with Gasteiger partial charge in [-0.2, -0.15) is 5.10 Å². The Morgan fingerprint density at radius 3 is 2.79 bits per heavy atom. The van der Waals surface area contributed by atoms with E-state index in [0.29, 0.717) is 34.7 Å². The number of hydrogen-bond donors (Lipinski definition) is 2. The number of anilines is 1. The SMILES string of the molecule is C=C(C(N)=O)c1cccc(Cn2nc(-c3cc4cc(C)cc(OC)c4s3)c3c(N)ncnc32)c1. The summed E-state index contributed by atoms with van der Waals surface area (Å²) in [6.07, 6.45) is 1.43. The van der Waals surface area contributed by atoms with Crippen molar-refractivity contribution in [3.8, 4) is 16.3 Å². The lowest BCUT2D eigenvalue weighted by atomic mass is 10.0. The van der Waals surface area contributed by atoms with Gasteiger partial charge in [0.25, 0.3) is 0 Å². The highest BCUT2D eigenvalue weighted by molar-refractivity contribution is 7.22. The maximum Gasteiger partial charge on any atom is 0.248 e. The predicted molar refractivity (Wildman–Crippen MR) is 136 cm³/mol. The summed E-state index contributed by atoms with van der Waals surface area (Å²) in [4.78, 5) is 21.2. The topological polar surface area (TPSA) is 122 Å². The lowest BCUT2D eigenvalue weighted by Gasteiger charge is -2.07. The van der Waals surface area contributed by atoms with Crippen LogP contribution in [0.1, 0.15) is 16.7 Å². The van der Waals surface area contributed by atoms with Gasteiger partial charge in [-0.1, -0.05) is 30.8 Å². The number of benzene rings is 2. The minimum absolute atomic E-state index is 0.258. The van der Waals surface area contributed by atoms with Gasteiger partial charge in [-0.3, -0.25) is 4.79 Å². The molecule has 8 nitrogen and oxygen atoms in total. The van der Waals surface area contributed by atoms with Crippen LogP contribution in [0.5, 0.6) is 5.75 Å². The summed E-state index contributed by atoms with van der Waals surface area (Å²) in [5.74, 6) is 0.633. The average Bonchev–Trinajstić information content (AvgIpc) is 3.40.